The number of carbonyl (C=O) groups is 1. The van der Waals surface area contributed by atoms with Crippen molar-refractivity contribution in [1.82, 2.24) is 0 Å². The highest BCUT2D eigenvalue weighted by molar-refractivity contribution is 5.96. The molecular formula is C13H9FO. The van der Waals surface area contributed by atoms with E-state index in [4.69, 9.17) is 0 Å². The summed E-state index contributed by atoms with van der Waals surface area (Å²) in [6, 6.07) is 14.6. The Kier molecular flexibility index (Phi) is 2.59. The van der Waals surface area contributed by atoms with Gasteiger partial charge in [0, 0.05) is 0 Å². The Labute approximate surface area is 87.2 Å². The SMILES string of the molecule is O=C(F)c1ccccc1-c1ccccc1. The van der Waals surface area contributed by atoms with E-state index in [0.717, 1.165) is 5.56 Å². The minimum Gasteiger partial charge on any atom is -0.255 e. The molecule has 1 nitrogen and oxygen atoms in total. The monoisotopic (exact) mass is 200 g/mol. The average molecular weight is 200 g/mol. The van der Waals surface area contributed by atoms with Crippen LogP contribution in [0.5, 0.6) is 0 Å². The Bertz CT molecular complexity index is 477. The summed E-state index contributed by atoms with van der Waals surface area (Å²) >= 11 is 0. The van der Waals surface area contributed by atoms with Crippen molar-refractivity contribution in [3.05, 3.63) is 60.2 Å². The summed E-state index contributed by atoms with van der Waals surface area (Å²) in [7, 11) is 0. The summed E-state index contributed by atoms with van der Waals surface area (Å²) in [5.41, 5.74) is 1.59. The van der Waals surface area contributed by atoms with E-state index in [1.54, 1.807) is 18.2 Å². The maximum Gasteiger partial charge on any atom is 0.332 e. The van der Waals surface area contributed by atoms with Crippen molar-refractivity contribution in [2.75, 3.05) is 0 Å². The molecule has 0 aliphatic carbocycles. The van der Waals surface area contributed by atoms with Gasteiger partial charge in [0.05, 0.1) is 5.56 Å². The van der Waals surface area contributed by atoms with E-state index in [0.29, 0.717) is 5.56 Å². The smallest absolute Gasteiger partial charge is 0.255 e. The largest absolute Gasteiger partial charge is 0.332 e. The highest BCUT2D eigenvalue weighted by atomic mass is 19.1. The maximum atomic E-state index is 12.7. The molecule has 0 radical (unpaired) electrons. The lowest BCUT2D eigenvalue weighted by molar-refractivity contribution is 0.0836. The number of hydrogen-bond donors (Lipinski definition) is 0. The first-order chi connectivity index (χ1) is 7.29. The number of halogens is 1. The van der Waals surface area contributed by atoms with Crippen LogP contribution in [0.1, 0.15) is 10.4 Å². The van der Waals surface area contributed by atoms with E-state index >= 15 is 0 Å². The number of hydrogen-bond acceptors (Lipinski definition) is 1. The number of benzene rings is 2. The predicted molar refractivity (Wildman–Crippen MR) is 57.3 cm³/mol. The molecule has 0 heterocycles. The minimum atomic E-state index is -1.39. The van der Waals surface area contributed by atoms with Crippen LogP contribution in [0.25, 0.3) is 11.1 Å². The van der Waals surface area contributed by atoms with E-state index in [9.17, 15) is 9.18 Å². The molecule has 0 N–H and O–H groups in total. The van der Waals surface area contributed by atoms with Gasteiger partial charge >= 0.3 is 6.04 Å². The normalized spacial score (nSPS) is 9.93. The third kappa shape index (κ3) is 1.94. The van der Waals surface area contributed by atoms with Gasteiger partial charge < -0.3 is 0 Å². The predicted octanol–water partition coefficient (Wildman–Crippen LogP) is 3.46. The molecule has 0 atom stereocenters. The molecule has 0 spiro atoms. The zero-order valence-electron chi connectivity index (χ0n) is 7.98. The van der Waals surface area contributed by atoms with Gasteiger partial charge in [-0.05, 0) is 17.2 Å². The summed E-state index contributed by atoms with van der Waals surface area (Å²) in [4.78, 5) is 10.8. The zero-order chi connectivity index (χ0) is 10.7. The molecule has 0 unspecified atom stereocenters. The molecule has 2 aromatic carbocycles. The van der Waals surface area contributed by atoms with Gasteiger partial charge in [0.15, 0.2) is 0 Å². The highest BCUT2D eigenvalue weighted by Crippen LogP contribution is 2.23. The van der Waals surface area contributed by atoms with Crippen LogP contribution in [0.2, 0.25) is 0 Å². The zero-order valence-corrected chi connectivity index (χ0v) is 7.98. The summed E-state index contributed by atoms with van der Waals surface area (Å²) < 4.78 is 12.7. The van der Waals surface area contributed by atoms with Crippen LogP contribution in [0.3, 0.4) is 0 Å². The summed E-state index contributed by atoms with van der Waals surface area (Å²) in [6.07, 6.45) is 0. The van der Waals surface area contributed by atoms with Gasteiger partial charge in [-0.2, -0.15) is 4.39 Å². The Hall–Kier alpha value is -1.96. The van der Waals surface area contributed by atoms with E-state index in [1.165, 1.54) is 6.07 Å². The first-order valence-electron chi connectivity index (χ1n) is 4.63. The molecule has 74 valence electrons. The first kappa shape index (κ1) is 9.59. The van der Waals surface area contributed by atoms with Crippen molar-refractivity contribution in [2.24, 2.45) is 0 Å². The molecule has 0 bridgehead atoms. The van der Waals surface area contributed by atoms with Crippen LogP contribution in [0.15, 0.2) is 54.6 Å². The Balaban J connectivity index is 2.58. The highest BCUT2D eigenvalue weighted by Gasteiger charge is 2.10. The summed E-state index contributed by atoms with van der Waals surface area (Å²) in [5, 5.41) is 0. The molecule has 2 rings (SSSR count). The second-order valence-electron chi connectivity index (χ2n) is 3.19. The van der Waals surface area contributed by atoms with Crippen molar-refractivity contribution in [2.45, 2.75) is 0 Å². The third-order valence-electron chi connectivity index (χ3n) is 2.22. The first-order valence-corrected chi connectivity index (χ1v) is 4.63. The lowest BCUT2D eigenvalue weighted by atomic mass is 10.0. The fourth-order valence-corrected chi connectivity index (χ4v) is 1.52. The fraction of sp³-hybridized carbons (Fsp3) is 0. The van der Waals surface area contributed by atoms with Gasteiger partial charge in [0.25, 0.3) is 0 Å². The molecule has 0 saturated carbocycles. The summed E-state index contributed by atoms with van der Waals surface area (Å²) in [6.45, 7) is 0. The molecule has 0 amide bonds. The van der Waals surface area contributed by atoms with E-state index in [2.05, 4.69) is 0 Å². The Morgan fingerprint density at radius 3 is 2.13 bits per heavy atom. The van der Waals surface area contributed by atoms with Crippen LogP contribution in [-0.2, 0) is 0 Å². The van der Waals surface area contributed by atoms with Gasteiger partial charge in [-0.3, -0.25) is 4.79 Å². The average Bonchev–Trinajstić information content (AvgIpc) is 2.30. The van der Waals surface area contributed by atoms with Crippen LogP contribution < -0.4 is 0 Å². The lowest BCUT2D eigenvalue weighted by Gasteiger charge is -2.04. The van der Waals surface area contributed by atoms with Gasteiger partial charge in [-0.25, -0.2) is 0 Å². The standard InChI is InChI=1S/C13H9FO/c14-13(15)12-9-5-4-8-11(12)10-6-2-1-3-7-10/h1-9H. The van der Waals surface area contributed by atoms with Crippen molar-refractivity contribution in [3.8, 4) is 11.1 Å². The van der Waals surface area contributed by atoms with Gasteiger partial charge in [0.1, 0.15) is 0 Å². The van der Waals surface area contributed by atoms with Crippen LogP contribution >= 0.6 is 0 Å². The summed E-state index contributed by atoms with van der Waals surface area (Å²) in [5.74, 6) is 0. The molecule has 2 aromatic rings. The molecule has 2 heteroatoms. The molecule has 0 aliphatic heterocycles. The van der Waals surface area contributed by atoms with Crippen molar-refractivity contribution in [3.63, 3.8) is 0 Å². The molecule has 0 saturated heterocycles. The van der Waals surface area contributed by atoms with Crippen molar-refractivity contribution >= 4 is 6.04 Å². The van der Waals surface area contributed by atoms with Crippen LogP contribution in [0, 0.1) is 0 Å². The quantitative estimate of drug-likeness (QED) is 0.678. The topological polar surface area (TPSA) is 17.1 Å². The van der Waals surface area contributed by atoms with Crippen molar-refractivity contribution in [1.29, 1.82) is 0 Å². The van der Waals surface area contributed by atoms with Gasteiger partial charge in [-0.15, -0.1) is 0 Å². The molecule has 0 fully saturated rings. The van der Waals surface area contributed by atoms with Crippen molar-refractivity contribution < 1.29 is 9.18 Å². The minimum absolute atomic E-state index is 0.115. The Morgan fingerprint density at radius 1 is 0.867 bits per heavy atom. The van der Waals surface area contributed by atoms with E-state index in [1.807, 2.05) is 30.3 Å². The molecule has 0 aliphatic rings. The van der Waals surface area contributed by atoms with Gasteiger partial charge in [0.2, 0.25) is 0 Å². The lowest BCUT2D eigenvalue weighted by Crippen LogP contribution is -1.93. The Morgan fingerprint density at radius 2 is 1.47 bits per heavy atom. The van der Waals surface area contributed by atoms with E-state index < -0.39 is 6.04 Å². The van der Waals surface area contributed by atoms with Gasteiger partial charge in [-0.1, -0.05) is 48.5 Å². The molecule has 15 heavy (non-hydrogen) atoms. The second kappa shape index (κ2) is 4.05. The number of rotatable bonds is 2. The van der Waals surface area contributed by atoms with Crippen LogP contribution in [-0.4, -0.2) is 6.04 Å². The van der Waals surface area contributed by atoms with Crippen LogP contribution in [0.4, 0.5) is 4.39 Å². The molecular weight excluding hydrogens is 191 g/mol. The third-order valence-corrected chi connectivity index (χ3v) is 2.22. The molecule has 0 aromatic heterocycles. The fourth-order valence-electron chi connectivity index (χ4n) is 1.52. The number of carbonyl (C=O) groups excluding carboxylic acids is 1. The van der Waals surface area contributed by atoms with E-state index in [-0.39, 0.29) is 5.56 Å². The second-order valence-corrected chi connectivity index (χ2v) is 3.19. The maximum absolute atomic E-state index is 12.7.